The van der Waals surface area contributed by atoms with Crippen LogP contribution in [0.15, 0.2) is 12.1 Å². The highest BCUT2D eigenvalue weighted by Crippen LogP contribution is 2.22. The van der Waals surface area contributed by atoms with Crippen LogP contribution < -0.4 is 4.74 Å². The molecule has 0 saturated heterocycles. The SMILES string of the molecule is CCCOc1cc(C#N)c(C)c(C(=O)OC)c1. The number of carbonyl (C=O) groups is 1. The van der Waals surface area contributed by atoms with Gasteiger partial charge in [-0.2, -0.15) is 5.26 Å². The number of hydrogen-bond acceptors (Lipinski definition) is 4. The van der Waals surface area contributed by atoms with E-state index in [2.05, 4.69) is 4.74 Å². The van der Waals surface area contributed by atoms with Crippen molar-refractivity contribution in [3.8, 4) is 11.8 Å². The number of hydrogen-bond donors (Lipinski definition) is 0. The van der Waals surface area contributed by atoms with E-state index in [0.29, 0.717) is 29.0 Å². The standard InChI is InChI=1S/C13H15NO3/c1-4-5-17-11-6-10(8-14)9(2)12(7-11)13(15)16-3/h6-7H,4-5H2,1-3H3. The van der Waals surface area contributed by atoms with Gasteiger partial charge in [0.1, 0.15) is 5.75 Å². The van der Waals surface area contributed by atoms with Gasteiger partial charge in [-0.15, -0.1) is 0 Å². The average Bonchev–Trinajstić information content (AvgIpc) is 2.36. The molecule has 0 saturated carbocycles. The summed E-state index contributed by atoms with van der Waals surface area (Å²) in [4.78, 5) is 11.5. The molecule has 0 heterocycles. The summed E-state index contributed by atoms with van der Waals surface area (Å²) in [5.41, 5.74) is 1.42. The summed E-state index contributed by atoms with van der Waals surface area (Å²) in [7, 11) is 1.31. The lowest BCUT2D eigenvalue weighted by molar-refractivity contribution is 0.0599. The maximum atomic E-state index is 11.5. The Hall–Kier alpha value is -2.02. The van der Waals surface area contributed by atoms with E-state index in [4.69, 9.17) is 10.00 Å². The maximum absolute atomic E-state index is 11.5. The molecule has 17 heavy (non-hydrogen) atoms. The number of carbonyl (C=O) groups excluding carboxylic acids is 1. The molecule has 4 nitrogen and oxygen atoms in total. The second kappa shape index (κ2) is 5.90. The molecular weight excluding hydrogens is 218 g/mol. The minimum Gasteiger partial charge on any atom is -0.494 e. The molecule has 0 N–H and O–H groups in total. The van der Waals surface area contributed by atoms with Crippen LogP contribution in [0.3, 0.4) is 0 Å². The number of nitriles is 1. The molecule has 0 radical (unpaired) electrons. The third kappa shape index (κ3) is 2.97. The van der Waals surface area contributed by atoms with Crippen LogP contribution >= 0.6 is 0 Å². The van der Waals surface area contributed by atoms with E-state index in [9.17, 15) is 4.79 Å². The molecule has 1 rings (SSSR count). The van der Waals surface area contributed by atoms with Crippen LogP contribution in [0.4, 0.5) is 0 Å². The lowest BCUT2D eigenvalue weighted by atomic mass is 10.0. The van der Waals surface area contributed by atoms with Crippen molar-refractivity contribution in [1.82, 2.24) is 0 Å². The van der Waals surface area contributed by atoms with Gasteiger partial charge in [-0.1, -0.05) is 6.92 Å². The average molecular weight is 233 g/mol. The predicted molar refractivity (Wildman–Crippen MR) is 63.0 cm³/mol. The molecule has 0 amide bonds. The lowest BCUT2D eigenvalue weighted by Gasteiger charge is -2.10. The molecule has 0 unspecified atom stereocenters. The molecule has 0 fully saturated rings. The summed E-state index contributed by atoms with van der Waals surface area (Å²) < 4.78 is 10.1. The molecule has 0 bridgehead atoms. The molecule has 0 aliphatic heterocycles. The van der Waals surface area contributed by atoms with Gasteiger partial charge in [0, 0.05) is 0 Å². The molecular formula is C13H15NO3. The number of methoxy groups -OCH3 is 1. The van der Waals surface area contributed by atoms with Crippen molar-refractivity contribution in [2.75, 3.05) is 13.7 Å². The van der Waals surface area contributed by atoms with Gasteiger partial charge in [0.25, 0.3) is 0 Å². The van der Waals surface area contributed by atoms with Crippen LogP contribution in [0.1, 0.15) is 34.8 Å². The Morgan fingerprint density at radius 2 is 2.18 bits per heavy atom. The van der Waals surface area contributed by atoms with Gasteiger partial charge in [-0.25, -0.2) is 4.79 Å². The first kappa shape index (κ1) is 13.0. The molecule has 90 valence electrons. The molecule has 0 aliphatic rings. The number of rotatable bonds is 4. The molecule has 0 atom stereocenters. The van der Waals surface area contributed by atoms with Crippen molar-refractivity contribution < 1.29 is 14.3 Å². The van der Waals surface area contributed by atoms with Gasteiger partial charge < -0.3 is 9.47 Å². The van der Waals surface area contributed by atoms with Gasteiger partial charge >= 0.3 is 5.97 Å². The quantitative estimate of drug-likeness (QED) is 0.749. The van der Waals surface area contributed by atoms with Gasteiger partial charge in [-0.05, 0) is 31.0 Å². The van der Waals surface area contributed by atoms with Crippen LogP contribution in [-0.2, 0) is 4.74 Å². The highest BCUT2D eigenvalue weighted by Gasteiger charge is 2.14. The van der Waals surface area contributed by atoms with Crippen LogP contribution in [-0.4, -0.2) is 19.7 Å². The minimum absolute atomic E-state index is 0.373. The monoisotopic (exact) mass is 233 g/mol. The second-order valence-corrected chi connectivity index (χ2v) is 3.60. The Balaban J connectivity index is 3.20. The Morgan fingerprint density at radius 3 is 2.71 bits per heavy atom. The molecule has 1 aromatic rings. The van der Waals surface area contributed by atoms with E-state index >= 15 is 0 Å². The highest BCUT2D eigenvalue weighted by atomic mass is 16.5. The van der Waals surface area contributed by atoms with Crippen molar-refractivity contribution in [1.29, 1.82) is 5.26 Å². The third-order valence-corrected chi connectivity index (χ3v) is 2.38. The van der Waals surface area contributed by atoms with Crippen molar-refractivity contribution in [2.24, 2.45) is 0 Å². The number of nitrogens with zero attached hydrogens (tertiary/aromatic N) is 1. The van der Waals surface area contributed by atoms with Crippen LogP contribution in [0.5, 0.6) is 5.75 Å². The smallest absolute Gasteiger partial charge is 0.338 e. The highest BCUT2D eigenvalue weighted by molar-refractivity contribution is 5.92. The van der Waals surface area contributed by atoms with Gasteiger partial charge in [0.2, 0.25) is 0 Å². The van der Waals surface area contributed by atoms with E-state index in [1.165, 1.54) is 7.11 Å². The van der Waals surface area contributed by atoms with Crippen molar-refractivity contribution in [2.45, 2.75) is 20.3 Å². The fourth-order valence-corrected chi connectivity index (χ4v) is 1.43. The van der Waals surface area contributed by atoms with Crippen LogP contribution in [0.2, 0.25) is 0 Å². The Morgan fingerprint density at radius 1 is 1.47 bits per heavy atom. The fourth-order valence-electron chi connectivity index (χ4n) is 1.43. The Kier molecular flexibility index (Phi) is 4.53. The number of benzene rings is 1. The van der Waals surface area contributed by atoms with Gasteiger partial charge in [0.05, 0.1) is 30.9 Å². The molecule has 4 heteroatoms. The van der Waals surface area contributed by atoms with E-state index in [1.807, 2.05) is 13.0 Å². The number of ether oxygens (including phenoxy) is 2. The van der Waals surface area contributed by atoms with Gasteiger partial charge in [-0.3, -0.25) is 0 Å². The topological polar surface area (TPSA) is 59.3 Å². The lowest BCUT2D eigenvalue weighted by Crippen LogP contribution is -2.06. The summed E-state index contributed by atoms with van der Waals surface area (Å²) in [6.07, 6.45) is 0.864. The predicted octanol–water partition coefficient (Wildman–Crippen LogP) is 2.44. The molecule has 0 aliphatic carbocycles. The largest absolute Gasteiger partial charge is 0.494 e. The first-order valence-corrected chi connectivity index (χ1v) is 5.39. The van der Waals surface area contributed by atoms with E-state index in [1.54, 1.807) is 19.1 Å². The Labute approximate surface area is 101 Å². The van der Waals surface area contributed by atoms with Gasteiger partial charge in [0.15, 0.2) is 0 Å². The zero-order valence-corrected chi connectivity index (χ0v) is 10.2. The summed E-state index contributed by atoms with van der Waals surface area (Å²) >= 11 is 0. The normalized spacial score (nSPS) is 9.53. The molecule has 0 spiro atoms. The first-order chi connectivity index (χ1) is 8.13. The minimum atomic E-state index is -0.457. The van der Waals surface area contributed by atoms with E-state index in [-0.39, 0.29) is 0 Å². The summed E-state index contributed by atoms with van der Waals surface area (Å²) in [5, 5.41) is 8.99. The second-order valence-electron chi connectivity index (χ2n) is 3.60. The van der Waals surface area contributed by atoms with Crippen molar-refractivity contribution in [3.05, 3.63) is 28.8 Å². The fraction of sp³-hybridized carbons (Fsp3) is 0.385. The Bertz CT molecular complexity index is 460. The van der Waals surface area contributed by atoms with Crippen molar-refractivity contribution in [3.63, 3.8) is 0 Å². The summed E-state index contributed by atoms with van der Waals surface area (Å²) in [6.45, 7) is 4.25. The summed E-state index contributed by atoms with van der Waals surface area (Å²) in [6, 6.07) is 5.29. The van der Waals surface area contributed by atoms with Crippen LogP contribution in [0.25, 0.3) is 0 Å². The third-order valence-electron chi connectivity index (χ3n) is 2.38. The molecule has 0 aromatic heterocycles. The number of esters is 1. The van der Waals surface area contributed by atoms with E-state index < -0.39 is 5.97 Å². The first-order valence-electron chi connectivity index (χ1n) is 5.39. The maximum Gasteiger partial charge on any atom is 0.338 e. The van der Waals surface area contributed by atoms with Crippen LogP contribution in [0, 0.1) is 18.3 Å². The summed E-state index contributed by atoms with van der Waals surface area (Å²) in [5.74, 6) is 0.0651. The molecule has 1 aromatic carbocycles. The zero-order valence-electron chi connectivity index (χ0n) is 10.2. The van der Waals surface area contributed by atoms with Crippen molar-refractivity contribution >= 4 is 5.97 Å². The van der Waals surface area contributed by atoms with E-state index in [0.717, 1.165) is 6.42 Å². The zero-order chi connectivity index (χ0) is 12.8.